The summed E-state index contributed by atoms with van der Waals surface area (Å²) in [7, 11) is -3.35. The molecule has 0 amide bonds. The molecule has 2 N–H and O–H groups in total. The molecule has 4 nitrogen and oxygen atoms in total. The summed E-state index contributed by atoms with van der Waals surface area (Å²) in [5.74, 6) is 0.0370. The van der Waals surface area contributed by atoms with E-state index in [9.17, 15) is 8.42 Å². The molecular weight excluding hydrogens is 387 g/mol. The van der Waals surface area contributed by atoms with E-state index in [2.05, 4.69) is 32.6 Å². The highest BCUT2D eigenvalue weighted by molar-refractivity contribution is 14.1. The highest BCUT2D eigenvalue weighted by Crippen LogP contribution is 2.24. The quantitative estimate of drug-likeness (QED) is 0.544. The van der Waals surface area contributed by atoms with E-state index in [0.29, 0.717) is 17.3 Å². The molecule has 102 valence electrons. The van der Waals surface area contributed by atoms with Crippen molar-refractivity contribution in [2.75, 3.05) is 23.6 Å². The van der Waals surface area contributed by atoms with Gasteiger partial charge in [-0.2, -0.15) is 0 Å². The molecule has 0 aliphatic heterocycles. The summed E-state index contributed by atoms with van der Waals surface area (Å²) in [6.07, 6.45) is 0.983. The van der Waals surface area contributed by atoms with Crippen molar-refractivity contribution in [3.8, 4) is 0 Å². The minimum atomic E-state index is -3.35. The average molecular weight is 403 g/mol. The monoisotopic (exact) mass is 402 g/mol. The molecule has 0 spiro atoms. The predicted molar refractivity (Wildman–Crippen MR) is 84.7 cm³/mol. The summed E-state index contributed by atoms with van der Waals surface area (Å²) in [6.45, 7) is 3.29. The molecule has 0 atom stereocenters. The third-order valence-corrected chi connectivity index (χ3v) is 4.43. The van der Waals surface area contributed by atoms with Crippen LogP contribution < -0.4 is 10.0 Å². The van der Waals surface area contributed by atoms with Crippen LogP contribution >= 0.6 is 34.2 Å². The van der Waals surface area contributed by atoms with Crippen LogP contribution in [0.1, 0.15) is 13.3 Å². The Hall–Kier alpha value is -0.0500. The van der Waals surface area contributed by atoms with Gasteiger partial charge < -0.3 is 5.32 Å². The highest BCUT2D eigenvalue weighted by atomic mass is 127. The van der Waals surface area contributed by atoms with E-state index >= 15 is 0 Å². The van der Waals surface area contributed by atoms with Crippen LogP contribution in [0, 0.1) is 3.57 Å². The maximum absolute atomic E-state index is 11.8. The molecule has 0 saturated carbocycles. The largest absolute Gasteiger partial charge is 0.316 e. The molecule has 0 saturated heterocycles. The Balaban J connectivity index is 2.59. The number of benzene rings is 1. The Morgan fingerprint density at radius 2 is 2.06 bits per heavy atom. The molecule has 0 fully saturated rings. The lowest BCUT2D eigenvalue weighted by atomic mass is 10.3. The minimum absolute atomic E-state index is 0.0370. The zero-order chi connectivity index (χ0) is 13.6. The SMILES string of the molecule is CCCNCCS(=O)(=O)Nc1ccc(I)cc1Cl. The van der Waals surface area contributed by atoms with Crippen molar-refractivity contribution in [1.82, 2.24) is 5.32 Å². The molecule has 0 heterocycles. The fourth-order valence-corrected chi connectivity index (χ4v) is 3.29. The van der Waals surface area contributed by atoms with Crippen LogP contribution in [0.15, 0.2) is 18.2 Å². The normalized spacial score (nSPS) is 11.5. The summed E-state index contributed by atoms with van der Waals surface area (Å²) < 4.78 is 27.0. The van der Waals surface area contributed by atoms with Gasteiger partial charge in [-0.1, -0.05) is 18.5 Å². The zero-order valence-electron chi connectivity index (χ0n) is 10.0. The minimum Gasteiger partial charge on any atom is -0.316 e. The fraction of sp³-hybridized carbons (Fsp3) is 0.455. The van der Waals surface area contributed by atoms with Crippen molar-refractivity contribution < 1.29 is 8.42 Å². The Bertz CT molecular complexity index is 494. The van der Waals surface area contributed by atoms with Crippen molar-refractivity contribution in [1.29, 1.82) is 0 Å². The second-order valence-electron chi connectivity index (χ2n) is 3.80. The molecule has 0 bridgehead atoms. The van der Waals surface area contributed by atoms with Crippen molar-refractivity contribution in [2.45, 2.75) is 13.3 Å². The molecule has 1 aromatic carbocycles. The number of nitrogens with one attached hydrogen (secondary N) is 2. The predicted octanol–water partition coefficient (Wildman–Crippen LogP) is 2.69. The van der Waals surface area contributed by atoms with Gasteiger partial charge in [-0.15, -0.1) is 0 Å². The van der Waals surface area contributed by atoms with Gasteiger partial charge in [-0.25, -0.2) is 8.42 Å². The maximum Gasteiger partial charge on any atom is 0.234 e. The highest BCUT2D eigenvalue weighted by Gasteiger charge is 2.12. The Morgan fingerprint density at radius 3 is 2.67 bits per heavy atom. The second-order valence-corrected chi connectivity index (χ2v) is 7.29. The van der Waals surface area contributed by atoms with Crippen LogP contribution in [0.4, 0.5) is 5.69 Å². The first-order valence-electron chi connectivity index (χ1n) is 5.61. The van der Waals surface area contributed by atoms with E-state index in [-0.39, 0.29) is 5.75 Å². The maximum atomic E-state index is 11.8. The van der Waals surface area contributed by atoms with Crippen molar-refractivity contribution in [3.05, 3.63) is 26.8 Å². The van der Waals surface area contributed by atoms with Crippen LogP contribution in [0.5, 0.6) is 0 Å². The molecule has 1 rings (SSSR count). The molecular formula is C11H16ClIN2O2S. The summed E-state index contributed by atoms with van der Waals surface area (Å²) in [5, 5.41) is 3.46. The first kappa shape index (κ1) is 16.0. The number of anilines is 1. The summed E-state index contributed by atoms with van der Waals surface area (Å²) in [6, 6.07) is 5.19. The van der Waals surface area contributed by atoms with Crippen molar-refractivity contribution in [3.63, 3.8) is 0 Å². The van der Waals surface area contributed by atoms with E-state index < -0.39 is 10.0 Å². The van der Waals surface area contributed by atoms with Crippen LogP contribution in [0.2, 0.25) is 5.02 Å². The van der Waals surface area contributed by atoms with Gasteiger partial charge in [-0.05, 0) is 53.8 Å². The Kier molecular flexibility index (Phi) is 6.68. The third-order valence-electron chi connectivity index (χ3n) is 2.17. The van der Waals surface area contributed by atoms with E-state index in [1.54, 1.807) is 18.2 Å². The average Bonchev–Trinajstić information content (AvgIpc) is 2.28. The number of sulfonamides is 1. The van der Waals surface area contributed by atoms with Crippen LogP contribution in [0.3, 0.4) is 0 Å². The fourth-order valence-electron chi connectivity index (χ4n) is 1.30. The number of rotatable bonds is 7. The Morgan fingerprint density at radius 1 is 1.33 bits per heavy atom. The number of halogens is 2. The number of hydrogen-bond donors (Lipinski definition) is 2. The molecule has 0 aliphatic rings. The van der Waals surface area contributed by atoms with Gasteiger partial charge in [0, 0.05) is 10.1 Å². The molecule has 18 heavy (non-hydrogen) atoms. The summed E-state index contributed by atoms with van der Waals surface area (Å²) >= 11 is 8.09. The van der Waals surface area contributed by atoms with E-state index in [1.807, 2.05) is 6.92 Å². The summed E-state index contributed by atoms with van der Waals surface area (Å²) in [5.41, 5.74) is 0.424. The van der Waals surface area contributed by atoms with Crippen LogP contribution in [0.25, 0.3) is 0 Å². The first-order chi connectivity index (χ1) is 8.44. The van der Waals surface area contributed by atoms with E-state index in [1.165, 1.54) is 0 Å². The van der Waals surface area contributed by atoms with Crippen LogP contribution in [-0.4, -0.2) is 27.3 Å². The smallest absolute Gasteiger partial charge is 0.234 e. The van der Waals surface area contributed by atoms with Crippen LogP contribution in [-0.2, 0) is 10.0 Å². The van der Waals surface area contributed by atoms with Gasteiger partial charge >= 0.3 is 0 Å². The molecule has 0 aliphatic carbocycles. The molecule has 1 aromatic rings. The lowest BCUT2D eigenvalue weighted by Crippen LogP contribution is -2.27. The molecule has 0 aromatic heterocycles. The van der Waals surface area contributed by atoms with Gasteiger partial charge in [0.05, 0.1) is 16.5 Å². The van der Waals surface area contributed by atoms with Gasteiger partial charge in [0.1, 0.15) is 0 Å². The van der Waals surface area contributed by atoms with Crippen molar-refractivity contribution in [2.24, 2.45) is 0 Å². The molecule has 0 radical (unpaired) electrons. The third kappa shape index (κ3) is 5.73. The van der Waals surface area contributed by atoms with E-state index in [4.69, 9.17) is 11.6 Å². The lowest BCUT2D eigenvalue weighted by molar-refractivity contribution is 0.595. The van der Waals surface area contributed by atoms with Gasteiger partial charge in [0.15, 0.2) is 0 Å². The first-order valence-corrected chi connectivity index (χ1v) is 8.72. The molecule has 0 unspecified atom stereocenters. The van der Waals surface area contributed by atoms with Gasteiger partial charge in [-0.3, -0.25) is 4.72 Å². The Labute approximate surface area is 127 Å². The molecule has 7 heteroatoms. The van der Waals surface area contributed by atoms with Gasteiger partial charge in [0.2, 0.25) is 10.0 Å². The van der Waals surface area contributed by atoms with Gasteiger partial charge in [0.25, 0.3) is 0 Å². The second kappa shape index (κ2) is 7.52. The number of hydrogen-bond acceptors (Lipinski definition) is 3. The summed E-state index contributed by atoms with van der Waals surface area (Å²) in [4.78, 5) is 0. The standard InChI is InChI=1S/C11H16ClIN2O2S/c1-2-5-14-6-7-18(16,17)15-11-4-3-9(13)8-10(11)12/h3-4,8,14-15H,2,5-7H2,1H3. The van der Waals surface area contributed by atoms with Crippen molar-refractivity contribution >= 4 is 49.9 Å². The lowest BCUT2D eigenvalue weighted by Gasteiger charge is -2.10. The zero-order valence-corrected chi connectivity index (χ0v) is 13.8. The topological polar surface area (TPSA) is 58.2 Å². The van der Waals surface area contributed by atoms with E-state index in [0.717, 1.165) is 16.5 Å².